The number of carboxylic acids is 1. The number of rotatable bonds is 11. The van der Waals surface area contributed by atoms with Gasteiger partial charge in [0.05, 0.1) is 5.56 Å². The van der Waals surface area contributed by atoms with Gasteiger partial charge in [-0.25, -0.2) is 4.79 Å². The lowest BCUT2D eigenvalue weighted by Gasteiger charge is -2.11. The van der Waals surface area contributed by atoms with Crippen molar-refractivity contribution >= 4 is 5.97 Å². The van der Waals surface area contributed by atoms with Gasteiger partial charge in [0.15, 0.2) is 0 Å². The fraction of sp³-hybridized carbons (Fsp3) is 0.444. The summed E-state index contributed by atoms with van der Waals surface area (Å²) in [4.78, 5) is 11.6. The van der Waals surface area contributed by atoms with Crippen LogP contribution in [0.25, 0.3) is 0 Å². The molecule has 0 fully saturated rings. The first-order valence-corrected chi connectivity index (χ1v) is 10.8. The Labute approximate surface area is 182 Å². The van der Waals surface area contributed by atoms with Gasteiger partial charge in [0, 0.05) is 0 Å². The summed E-state index contributed by atoms with van der Waals surface area (Å²) in [5, 5.41) is 20.2. The Morgan fingerprint density at radius 2 is 1.17 bits per heavy atom. The molecule has 0 spiro atoms. The molecular weight excluding hydrogens is 372 g/mol. The minimum atomic E-state index is -0.967. The first kappa shape index (κ1) is 25.5. The molecule has 0 aromatic heterocycles. The minimum Gasteiger partial charge on any atom is -0.507 e. The van der Waals surface area contributed by atoms with Crippen LogP contribution < -0.4 is 0 Å². The number of carboxylic acid groups (broad SMARTS) is 1. The number of phenolic OH excluding ortho intramolecular Hbond substituents is 1. The highest BCUT2D eigenvalue weighted by atomic mass is 16.4. The Bertz CT molecular complexity index is 782. The quantitative estimate of drug-likeness (QED) is 0.370. The number of benzene rings is 1. The summed E-state index contributed by atoms with van der Waals surface area (Å²) in [7, 11) is 0. The second-order valence-corrected chi connectivity index (χ2v) is 8.60. The molecule has 1 rings (SSSR count). The number of aromatic hydroxyl groups is 1. The molecule has 2 N–H and O–H groups in total. The molecule has 0 aliphatic heterocycles. The van der Waals surface area contributed by atoms with E-state index in [1.807, 2.05) is 0 Å². The summed E-state index contributed by atoms with van der Waals surface area (Å²) in [6.45, 7) is 12.5. The van der Waals surface area contributed by atoms with Crippen LogP contribution in [0.3, 0.4) is 0 Å². The van der Waals surface area contributed by atoms with Crippen molar-refractivity contribution in [3.63, 3.8) is 0 Å². The van der Waals surface area contributed by atoms with E-state index in [1.165, 1.54) is 22.3 Å². The molecule has 0 amide bonds. The first-order chi connectivity index (χ1) is 14.1. The lowest BCUT2D eigenvalue weighted by Crippen LogP contribution is -2.01. The van der Waals surface area contributed by atoms with Crippen molar-refractivity contribution in [3.05, 3.63) is 75.4 Å². The Kier molecular flexibility index (Phi) is 11.0. The molecule has 30 heavy (non-hydrogen) atoms. The Morgan fingerprint density at radius 1 is 0.767 bits per heavy atom. The van der Waals surface area contributed by atoms with Crippen molar-refractivity contribution in [1.29, 1.82) is 0 Å². The van der Waals surface area contributed by atoms with E-state index >= 15 is 0 Å². The Balaban J connectivity index is 2.98. The highest BCUT2D eigenvalue weighted by Crippen LogP contribution is 2.27. The summed E-state index contributed by atoms with van der Waals surface area (Å²) >= 11 is 0. The second-order valence-electron chi connectivity index (χ2n) is 8.60. The van der Waals surface area contributed by atoms with Crippen LogP contribution in [0.5, 0.6) is 5.75 Å². The number of phenols is 1. The molecule has 0 saturated carbocycles. The first-order valence-electron chi connectivity index (χ1n) is 10.8. The van der Waals surface area contributed by atoms with Gasteiger partial charge in [-0.2, -0.15) is 0 Å². The predicted molar refractivity (Wildman–Crippen MR) is 127 cm³/mol. The van der Waals surface area contributed by atoms with Crippen LogP contribution in [0.1, 0.15) is 88.7 Å². The number of hydrogen-bond donors (Lipinski definition) is 2. The van der Waals surface area contributed by atoms with Crippen LogP contribution in [0.4, 0.5) is 0 Å². The average Bonchev–Trinajstić information content (AvgIpc) is 2.65. The number of allylic oxidation sites excluding steroid dienone is 8. The van der Waals surface area contributed by atoms with E-state index < -0.39 is 5.97 Å². The summed E-state index contributed by atoms with van der Waals surface area (Å²) in [6, 6.07) is 3.18. The lowest BCUT2D eigenvalue weighted by molar-refractivity contribution is 0.0696. The number of carbonyl (C=O) groups is 1. The third kappa shape index (κ3) is 9.78. The lowest BCUT2D eigenvalue weighted by atomic mass is 9.97. The largest absolute Gasteiger partial charge is 0.507 e. The molecule has 0 heterocycles. The van der Waals surface area contributed by atoms with E-state index in [9.17, 15) is 15.0 Å². The van der Waals surface area contributed by atoms with Crippen LogP contribution in [-0.2, 0) is 12.8 Å². The molecule has 0 saturated heterocycles. The fourth-order valence-corrected chi connectivity index (χ4v) is 3.14. The van der Waals surface area contributed by atoms with Gasteiger partial charge in [-0.3, -0.25) is 0 Å². The standard InChI is InChI=1S/C27H38O3/c1-19(2)9-7-11-21(5)13-15-23-17-25(27(29)30)18-24(26(23)28)16-14-22(6)12-8-10-20(3)4/h9-10,13-14,17-18,28H,7-8,11-12,15-16H2,1-6H3,(H,29,30). The number of aromatic carboxylic acids is 1. The third-order valence-corrected chi connectivity index (χ3v) is 5.04. The van der Waals surface area contributed by atoms with Crippen LogP contribution >= 0.6 is 0 Å². The van der Waals surface area contributed by atoms with E-state index in [-0.39, 0.29) is 11.3 Å². The van der Waals surface area contributed by atoms with Crippen molar-refractivity contribution < 1.29 is 15.0 Å². The molecule has 0 atom stereocenters. The molecule has 1 aromatic rings. The number of hydrogen-bond acceptors (Lipinski definition) is 2. The van der Waals surface area contributed by atoms with Crippen molar-refractivity contribution in [2.24, 2.45) is 0 Å². The molecule has 3 nitrogen and oxygen atoms in total. The maximum Gasteiger partial charge on any atom is 0.335 e. The maximum atomic E-state index is 11.6. The van der Waals surface area contributed by atoms with E-state index in [4.69, 9.17) is 0 Å². The van der Waals surface area contributed by atoms with Gasteiger partial charge in [-0.05, 0) is 103 Å². The molecule has 0 unspecified atom stereocenters. The zero-order valence-corrected chi connectivity index (χ0v) is 19.5. The van der Waals surface area contributed by atoms with Crippen molar-refractivity contribution in [2.75, 3.05) is 0 Å². The molecule has 3 heteroatoms. The summed E-state index contributed by atoms with van der Waals surface area (Å²) in [6.07, 6.45) is 13.6. The summed E-state index contributed by atoms with van der Waals surface area (Å²) in [5.74, 6) is -0.757. The summed E-state index contributed by atoms with van der Waals surface area (Å²) in [5.41, 5.74) is 6.66. The van der Waals surface area contributed by atoms with Gasteiger partial charge >= 0.3 is 5.97 Å². The van der Waals surface area contributed by atoms with Gasteiger partial charge in [0.1, 0.15) is 5.75 Å². The third-order valence-electron chi connectivity index (χ3n) is 5.04. The zero-order valence-electron chi connectivity index (χ0n) is 19.5. The fourth-order valence-electron chi connectivity index (χ4n) is 3.14. The Morgan fingerprint density at radius 3 is 1.50 bits per heavy atom. The van der Waals surface area contributed by atoms with Crippen LogP contribution in [0.2, 0.25) is 0 Å². The summed E-state index contributed by atoms with van der Waals surface area (Å²) < 4.78 is 0. The second kappa shape index (κ2) is 12.9. The van der Waals surface area contributed by atoms with Gasteiger partial charge in [-0.1, -0.05) is 46.6 Å². The molecule has 0 aliphatic rings. The molecule has 0 aliphatic carbocycles. The molecule has 164 valence electrons. The van der Waals surface area contributed by atoms with Crippen LogP contribution in [0, 0.1) is 0 Å². The molecular formula is C27H38O3. The minimum absolute atomic E-state index is 0.210. The average molecular weight is 411 g/mol. The van der Waals surface area contributed by atoms with E-state index in [0.717, 1.165) is 25.7 Å². The van der Waals surface area contributed by atoms with E-state index in [2.05, 4.69) is 65.8 Å². The topological polar surface area (TPSA) is 57.5 Å². The predicted octanol–water partition coefficient (Wildman–Crippen LogP) is 7.56. The molecule has 1 aromatic carbocycles. The van der Waals surface area contributed by atoms with Gasteiger partial charge in [0.25, 0.3) is 0 Å². The Hall–Kier alpha value is -2.55. The van der Waals surface area contributed by atoms with Crippen molar-refractivity contribution in [1.82, 2.24) is 0 Å². The van der Waals surface area contributed by atoms with Gasteiger partial charge in [0.2, 0.25) is 0 Å². The van der Waals surface area contributed by atoms with Crippen molar-refractivity contribution in [3.8, 4) is 5.75 Å². The molecule has 0 radical (unpaired) electrons. The maximum absolute atomic E-state index is 11.6. The zero-order chi connectivity index (χ0) is 22.7. The highest BCUT2D eigenvalue weighted by molar-refractivity contribution is 5.88. The highest BCUT2D eigenvalue weighted by Gasteiger charge is 2.13. The van der Waals surface area contributed by atoms with Crippen molar-refractivity contribution in [2.45, 2.75) is 80.1 Å². The van der Waals surface area contributed by atoms with E-state index in [1.54, 1.807) is 12.1 Å². The molecule has 0 bridgehead atoms. The monoisotopic (exact) mass is 410 g/mol. The van der Waals surface area contributed by atoms with Gasteiger partial charge < -0.3 is 10.2 Å². The van der Waals surface area contributed by atoms with E-state index in [0.29, 0.717) is 24.0 Å². The SMILES string of the molecule is CC(C)=CCCC(C)=CCc1cc(C(=O)O)cc(CC=C(C)CCC=C(C)C)c1O. The van der Waals surface area contributed by atoms with Crippen LogP contribution in [-0.4, -0.2) is 16.2 Å². The normalized spacial score (nSPS) is 11.9. The van der Waals surface area contributed by atoms with Crippen LogP contribution in [0.15, 0.2) is 58.7 Å². The smallest absolute Gasteiger partial charge is 0.335 e. The van der Waals surface area contributed by atoms with Gasteiger partial charge in [-0.15, -0.1) is 0 Å².